The second kappa shape index (κ2) is 7.82. The third-order valence-corrected chi connectivity index (χ3v) is 4.19. The van der Waals surface area contributed by atoms with Gasteiger partial charge in [-0.05, 0) is 37.1 Å². The van der Waals surface area contributed by atoms with Crippen molar-refractivity contribution in [3.05, 3.63) is 71.8 Å². The van der Waals surface area contributed by atoms with E-state index in [0.29, 0.717) is 12.3 Å². The highest BCUT2D eigenvalue weighted by molar-refractivity contribution is 5.77. The third kappa shape index (κ3) is 4.27. The standard InChI is InChI=1S/C20H22N4O2/c1-15-7-8-17(16(2)9-15)11-23(3)20(25)12-26-19-6-4-5-18(10-19)24-14-21-13-22-24/h4-10,13-14H,11-12H2,1-3H3. The van der Waals surface area contributed by atoms with E-state index >= 15 is 0 Å². The number of hydrogen-bond donors (Lipinski definition) is 0. The van der Waals surface area contributed by atoms with Gasteiger partial charge in [0.2, 0.25) is 0 Å². The van der Waals surface area contributed by atoms with E-state index in [2.05, 4.69) is 42.1 Å². The smallest absolute Gasteiger partial charge is 0.260 e. The van der Waals surface area contributed by atoms with Crippen molar-refractivity contribution in [2.75, 3.05) is 13.7 Å². The first-order chi connectivity index (χ1) is 12.5. The van der Waals surface area contributed by atoms with Crippen molar-refractivity contribution in [2.24, 2.45) is 0 Å². The van der Waals surface area contributed by atoms with Crippen LogP contribution in [0.3, 0.4) is 0 Å². The molecule has 3 rings (SSSR count). The number of carbonyl (C=O) groups excluding carboxylic acids is 1. The first-order valence-electron chi connectivity index (χ1n) is 8.41. The van der Waals surface area contributed by atoms with Crippen LogP contribution in [0.1, 0.15) is 16.7 Å². The van der Waals surface area contributed by atoms with E-state index in [9.17, 15) is 4.79 Å². The molecule has 0 aliphatic rings. The minimum atomic E-state index is -0.0730. The van der Waals surface area contributed by atoms with Crippen molar-refractivity contribution in [3.8, 4) is 11.4 Å². The van der Waals surface area contributed by atoms with Gasteiger partial charge in [0.05, 0.1) is 5.69 Å². The molecule has 134 valence electrons. The molecule has 6 heteroatoms. The number of likely N-dealkylation sites (N-methyl/N-ethyl adjacent to an activating group) is 1. The van der Waals surface area contributed by atoms with Crippen LogP contribution < -0.4 is 4.74 Å². The Bertz CT molecular complexity index is 891. The Kier molecular flexibility index (Phi) is 5.31. The number of carbonyl (C=O) groups is 1. The van der Waals surface area contributed by atoms with Gasteiger partial charge in [0.15, 0.2) is 6.61 Å². The zero-order chi connectivity index (χ0) is 18.5. The Labute approximate surface area is 153 Å². The van der Waals surface area contributed by atoms with Gasteiger partial charge in [-0.3, -0.25) is 4.79 Å². The maximum Gasteiger partial charge on any atom is 0.260 e. The first-order valence-corrected chi connectivity index (χ1v) is 8.41. The molecule has 0 aliphatic heterocycles. The van der Waals surface area contributed by atoms with Gasteiger partial charge >= 0.3 is 0 Å². The molecule has 26 heavy (non-hydrogen) atoms. The highest BCUT2D eigenvalue weighted by Crippen LogP contribution is 2.16. The van der Waals surface area contributed by atoms with E-state index in [0.717, 1.165) is 11.3 Å². The topological polar surface area (TPSA) is 60.2 Å². The van der Waals surface area contributed by atoms with E-state index < -0.39 is 0 Å². The normalized spacial score (nSPS) is 10.6. The number of aryl methyl sites for hydroxylation is 2. The SMILES string of the molecule is Cc1ccc(CN(C)C(=O)COc2cccc(-n3cncn3)c2)c(C)c1. The molecule has 0 saturated heterocycles. The monoisotopic (exact) mass is 350 g/mol. The molecular formula is C20H22N4O2. The summed E-state index contributed by atoms with van der Waals surface area (Å²) in [6.07, 6.45) is 3.08. The van der Waals surface area contributed by atoms with Gasteiger partial charge in [-0.25, -0.2) is 9.67 Å². The number of hydrogen-bond acceptors (Lipinski definition) is 4. The summed E-state index contributed by atoms with van der Waals surface area (Å²) >= 11 is 0. The summed E-state index contributed by atoms with van der Waals surface area (Å²) in [5.41, 5.74) is 4.37. The predicted molar refractivity (Wildman–Crippen MR) is 99.2 cm³/mol. The van der Waals surface area contributed by atoms with Crippen molar-refractivity contribution in [3.63, 3.8) is 0 Å². The maximum absolute atomic E-state index is 12.4. The highest BCUT2D eigenvalue weighted by Gasteiger charge is 2.12. The van der Waals surface area contributed by atoms with Crippen molar-refractivity contribution < 1.29 is 9.53 Å². The van der Waals surface area contributed by atoms with Crippen LogP contribution in [-0.2, 0) is 11.3 Å². The number of benzene rings is 2. The molecule has 0 aliphatic carbocycles. The molecule has 0 bridgehead atoms. The Morgan fingerprint density at radius 2 is 2.04 bits per heavy atom. The van der Waals surface area contributed by atoms with Gasteiger partial charge < -0.3 is 9.64 Å². The number of amides is 1. The lowest BCUT2D eigenvalue weighted by atomic mass is 10.1. The number of nitrogens with zero attached hydrogens (tertiary/aromatic N) is 4. The summed E-state index contributed by atoms with van der Waals surface area (Å²) in [6.45, 7) is 4.68. The quantitative estimate of drug-likeness (QED) is 0.686. The Morgan fingerprint density at radius 1 is 1.19 bits per heavy atom. The minimum Gasteiger partial charge on any atom is -0.484 e. The van der Waals surface area contributed by atoms with E-state index in [1.54, 1.807) is 23.0 Å². The summed E-state index contributed by atoms with van der Waals surface area (Å²) in [7, 11) is 1.79. The second-order valence-electron chi connectivity index (χ2n) is 6.31. The summed E-state index contributed by atoms with van der Waals surface area (Å²) in [5.74, 6) is 0.544. The van der Waals surface area contributed by atoms with E-state index in [1.165, 1.54) is 17.5 Å². The largest absolute Gasteiger partial charge is 0.484 e. The highest BCUT2D eigenvalue weighted by atomic mass is 16.5. The summed E-state index contributed by atoms with van der Waals surface area (Å²) in [6, 6.07) is 13.7. The van der Waals surface area contributed by atoms with Crippen LogP contribution in [0.15, 0.2) is 55.1 Å². The number of rotatable bonds is 6. The molecule has 0 spiro atoms. The Morgan fingerprint density at radius 3 is 2.77 bits per heavy atom. The van der Waals surface area contributed by atoms with Crippen molar-refractivity contribution in [2.45, 2.75) is 20.4 Å². The molecule has 0 fully saturated rings. The molecule has 0 N–H and O–H groups in total. The molecule has 1 heterocycles. The van der Waals surface area contributed by atoms with Gasteiger partial charge in [-0.2, -0.15) is 5.10 Å². The molecule has 0 radical (unpaired) electrons. The fraction of sp³-hybridized carbons (Fsp3) is 0.250. The fourth-order valence-corrected chi connectivity index (χ4v) is 2.68. The van der Waals surface area contributed by atoms with Gasteiger partial charge in [-0.15, -0.1) is 0 Å². The lowest BCUT2D eigenvalue weighted by Gasteiger charge is -2.19. The lowest BCUT2D eigenvalue weighted by Crippen LogP contribution is -2.31. The average molecular weight is 350 g/mol. The second-order valence-corrected chi connectivity index (χ2v) is 6.31. The van der Waals surface area contributed by atoms with Gasteiger partial charge in [0.25, 0.3) is 5.91 Å². The summed E-state index contributed by atoms with van der Waals surface area (Å²) < 4.78 is 7.30. The van der Waals surface area contributed by atoms with E-state index in [-0.39, 0.29) is 12.5 Å². The van der Waals surface area contributed by atoms with Crippen molar-refractivity contribution >= 4 is 5.91 Å². The number of aromatic nitrogens is 3. The van der Waals surface area contributed by atoms with Crippen LogP contribution in [0, 0.1) is 13.8 Å². The van der Waals surface area contributed by atoms with Crippen LogP contribution in [-0.4, -0.2) is 39.2 Å². The molecule has 0 atom stereocenters. The van der Waals surface area contributed by atoms with Crippen molar-refractivity contribution in [1.82, 2.24) is 19.7 Å². The summed E-state index contributed by atoms with van der Waals surface area (Å²) in [5, 5.41) is 4.09. The molecule has 2 aromatic carbocycles. The molecule has 0 unspecified atom stereocenters. The predicted octanol–water partition coefficient (Wildman–Crippen LogP) is 2.92. The third-order valence-electron chi connectivity index (χ3n) is 4.19. The van der Waals surface area contributed by atoms with Crippen molar-refractivity contribution in [1.29, 1.82) is 0 Å². The van der Waals surface area contributed by atoms with Crippen LogP contribution in [0.25, 0.3) is 5.69 Å². The lowest BCUT2D eigenvalue weighted by molar-refractivity contribution is -0.132. The Hall–Kier alpha value is -3.15. The zero-order valence-corrected chi connectivity index (χ0v) is 15.2. The van der Waals surface area contributed by atoms with Gasteiger partial charge in [-0.1, -0.05) is 29.8 Å². The Balaban J connectivity index is 1.59. The zero-order valence-electron chi connectivity index (χ0n) is 15.2. The molecule has 1 aromatic heterocycles. The minimum absolute atomic E-state index is 0.0117. The van der Waals surface area contributed by atoms with Gasteiger partial charge in [0.1, 0.15) is 18.4 Å². The average Bonchev–Trinajstić information content (AvgIpc) is 3.17. The fourth-order valence-electron chi connectivity index (χ4n) is 2.68. The molecular weight excluding hydrogens is 328 g/mol. The van der Waals surface area contributed by atoms with Crippen LogP contribution >= 0.6 is 0 Å². The van der Waals surface area contributed by atoms with Crippen LogP contribution in [0.2, 0.25) is 0 Å². The molecule has 6 nitrogen and oxygen atoms in total. The number of ether oxygens (including phenoxy) is 1. The maximum atomic E-state index is 12.4. The summed E-state index contributed by atoms with van der Waals surface area (Å²) in [4.78, 5) is 18.0. The van der Waals surface area contributed by atoms with Gasteiger partial charge in [0, 0.05) is 19.7 Å². The molecule has 1 amide bonds. The molecule has 3 aromatic rings. The first kappa shape index (κ1) is 17.7. The van der Waals surface area contributed by atoms with E-state index in [4.69, 9.17) is 4.74 Å². The van der Waals surface area contributed by atoms with Crippen LogP contribution in [0.4, 0.5) is 0 Å². The van der Waals surface area contributed by atoms with Crippen LogP contribution in [0.5, 0.6) is 5.75 Å². The molecule has 0 saturated carbocycles. The van der Waals surface area contributed by atoms with E-state index in [1.807, 2.05) is 24.3 Å².